The van der Waals surface area contributed by atoms with Crippen LogP contribution in [0.2, 0.25) is 4.98 Å². The van der Waals surface area contributed by atoms with Gasteiger partial charge in [0.25, 0.3) is 0 Å². The zero-order chi connectivity index (χ0) is 18.7. The molecule has 0 aromatic rings. The molecule has 5 heteroatoms. The van der Waals surface area contributed by atoms with E-state index in [4.69, 9.17) is 0 Å². The third-order valence-electron chi connectivity index (χ3n) is 6.11. The van der Waals surface area contributed by atoms with Gasteiger partial charge in [0.15, 0.2) is 0 Å². The van der Waals surface area contributed by atoms with Crippen LogP contribution in [0.15, 0.2) is 0 Å². The summed E-state index contributed by atoms with van der Waals surface area (Å²) in [7, 11) is 8.92. The van der Waals surface area contributed by atoms with Gasteiger partial charge in [0.2, 0.25) is 0 Å². The van der Waals surface area contributed by atoms with Crippen LogP contribution in [0, 0.1) is 0 Å². The predicted molar refractivity (Wildman–Crippen MR) is 114 cm³/mol. The number of hydrogen-bond donors (Lipinski definition) is 0. The Morgan fingerprint density at radius 3 is 1.88 bits per heavy atom. The van der Waals surface area contributed by atoms with E-state index < -0.39 is 17.6 Å². The summed E-state index contributed by atoms with van der Waals surface area (Å²) in [6.45, 7) is 11.4. The van der Waals surface area contributed by atoms with Crippen molar-refractivity contribution in [3.63, 3.8) is 0 Å². The van der Waals surface area contributed by atoms with Gasteiger partial charge in [0, 0.05) is 0 Å². The van der Waals surface area contributed by atoms with Gasteiger partial charge < -0.3 is 0 Å². The van der Waals surface area contributed by atoms with Gasteiger partial charge in [-0.1, -0.05) is 0 Å². The van der Waals surface area contributed by atoms with Crippen LogP contribution in [-0.2, 0) is 0 Å². The SMILES string of the molecule is CCC(CCCN1C[CH2][GaH][N](CCCC(CC)N(C)C)CC1)N(C)C. The van der Waals surface area contributed by atoms with E-state index in [0.29, 0.717) is 0 Å². The van der Waals surface area contributed by atoms with Crippen LogP contribution in [0.1, 0.15) is 52.4 Å². The van der Waals surface area contributed by atoms with Crippen molar-refractivity contribution in [2.24, 2.45) is 0 Å². The summed E-state index contributed by atoms with van der Waals surface area (Å²) in [4.78, 5) is 9.09. The molecular formula is C20H45GaN4. The van der Waals surface area contributed by atoms with Crippen LogP contribution in [-0.4, -0.2) is 109 Å². The second-order valence-corrected chi connectivity index (χ2v) is 12.7. The van der Waals surface area contributed by atoms with Gasteiger partial charge in [-0.3, -0.25) is 0 Å². The summed E-state index contributed by atoms with van der Waals surface area (Å²) >= 11 is -0.455. The summed E-state index contributed by atoms with van der Waals surface area (Å²) in [5.41, 5.74) is 0. The molecule has 2 atom stereocenters. The van der Waals surface area contributed by atoms with E-state index in [1.807, 2.05) is 0 Å². The first-order valence-electron chi connectivity index (χ1n) is 10.7. The molecule has 0 amide bonds. The molecule has 4 nitrogen and oxygen atoms in total. The van der Waals surface area contributed by atoms with E-state index in [1.54, 1.807) is 0 Å². The molecule has 1 rings (SSSR count). The predicted octanol–water partition coefficient (Wildman–Crippen LogP) is 2.61. The molecule has 148 valence electrons. The molecule has 1 fully saturated rings. The van der Waals surface area contributed by atoms with Gasteiger partial charge >= 0.3 is 166 Å². The summed E-state index contributed by atoms with van der Waals surface area (Å²) in [6, 6.07) is 1.54. The second-order valence-electron chi connectivity index (χ2n) is 8.37. The molecule has 1 saturated heterocycles. The molecular weight excluding hydrogens is 366 g/mol. The standard InChI is InChI=1S/C20H44N4.Ga.H/c1-8-19(22(4)5)13-11-15-21-16-18-24(10-3)17-12-14-20(9-2)23(6)7;;/h19-20H,3,8-18H2,1-2,4-7H3;;/q-1;+1;. The molecule has 0 aromatic carbocycles. The fraction of sp³-hybridized carbons (Fsp3) is 1.00. The Morgan fingerprint density at radius 2 is 1.36 bits per heavy atom. The quantitative estimate of drug-likeness (QED) is 0.458. The van der Waals surface area contributed by atoms with Crippen molar-refractivity contribution in [2.45, 2.75) is 69.4 Å². The average Bonchev–Trinajstić information content (AvgIpc) is 2.80. The van der Waals surface area contributed by atoms with E-state index in [9.17, 15) is 0 Å². The zero-order valence-electron chi connectivity index (χ0n) is 18.1. The van der Waals surface area contributed by atoms with Gasteiger partial charge in [-0.25, -0.2) is 0 Å². The maximum atomic E-state index is 2.89. The Bertz CT molecular complexity index is 295. The molecule has 0 bridgehead atoms. The second kappa shape index (κ2) is 13.6. The van der Waals surface area contributed by atoms with Crippen LogP contribution < -0.4 is 0 Å². The molecule has 0 radical (unpaired) electrons. The third-order valence-corrected chi connectivity index (χ3v) is 10.1. The molecule has 1 heterocycles. The van der Waals surface area contributed by atoms with Crippen molar-refractivity contribution >= 4 is 17.6 Å². The molecule has 2 unspecified atom stereocenters. The summed E-state index contributed by atoms with van der Waals surface area (Å²) in [5, 5.41) is 0. The molecule has 1 aliphatic heterocycles. The van der Waals surface area contributed by atoms with Crippen LogP contribution in [0.4, 0.5) is 0 Å². The van der Waals surface area contributed by atoms with Crippen LogP contribution in [0.5, 0.6) is 0 Å². The molecule has 1 aliphatic rings. The third kappa shape index (κ3) is 9.82. The van der Waals surface area contributed by atoms with Gasteiger partial charge in [-0.15, -0.1) is 0 Å². The Morgan fingerprint density at radius 1 is 0.800 bits per heavy atom. The molecule has 0 aromatic heterocycles. The monoisotopic (exact) mass is 410 g/mol. The number of hydrogen-bond acceptors (Lipinski definition) is 4. The zero-order valence-corrected chi connectivity index (χ0v) is 21.1. The van der Waals surface area contributed by atoms with E-state index in [-0.39, 0.29) is 0 Å². The molecule has 0 aliphatic carbocycles. The van der Waals surface area contributed by atoms with Crippen molar-refractivity contribution < 1.29 is 0 Å². The van der Waals surface area contributed by atoms with Crippen molar-refractivity contribution in [2.75, 3.05) is 60.9 Å². The first-order valence-corrected chi connectivity index (χ1v) is 14.2. The van der Waals surface area contributed by atoms with Gasteiger partial charge in [0.05, 0.1) is 0 Å². The van der Waals surface area contributed by atoms with Crippen molar-refractivity contribution in [3.05, 3.63) is 0 Å². The van der Waals surface area contributed by atoms with Crippen molar-refractivity contribution in [1.29, 1.82) is 0 Å². The minimum atomic E-state index is -0.455. The Hall–Kier alpha value is 0.476. The topological polar surface area (TPSA) is 13.0 Å². The van der Waals surface area contributed by atoms with Gasteiger partial charge in [-0.2, -0.15) is 0 Å². The Kier molecular flexibility index (Phi) is 12.8. The van der Waals surface area contributed by atoms with Crippen LogP contribution in [0.3, 0.4) is 0 Å². The van der Waals surface area contributed by atoms with E-state index in [1.165, 1.54) is 76.2 Å². The first kappa shape index (κ1) is 23.5. The maximum absolute atomic E-state index is 2.89. The molecule has 0 spiro atoms. The van der Waals surface area contributed by atoms with Crippen LogP contribution in [0.25, 0.3) is 0 Å². The first-order chi connectivity index (χ1) is 12.0. The minimum absolute atomic E-state index is 0.455. The van der Waals surface area contributed by atoms with E-state index in [2.05, 4.69) is 60.3 Å². The number of nitrogens with zero attached hydrogens (tertiary/aromatic N) is 4. The van der Waals surface area contributed by atoms with E-state index in [0.717, 1.165) is 12.1 Å². The van der Waals surface area contributed by atoms with Crippen molar-refractivity contribution in [1.82, 2.24) is 18.3 Å². The molecule has 0 saturated carbocycles. The van der Waals surface area contributed by atoms with Gasteiger partial charge in [0.1, 0.15) is 0 Å². The fourth-order valence-corrected chi connectivity index (χ4v) is 8.11. The van der Waals surface area contributed by atoms with Gasteiger partial charge in [-0.05, 0) is 0 Å². The molecule has 25 heavy (non-hydrogen) atoms. The number of rotatable bonds is 12. The summed E-state index contributed by atoms with van der Waals surface area (Å²) < 4.78 is 2.89. The van der Waals surface area contributed by atoms with Crippen LogP contribution >= 0.6 is 0 Å². The normalized spacial score (nSPS) is 19.8. The van der Waals surface area contributed by atoms with Crippen molar-refractivity contribution in [3.8, 4) is 0 Å². The Balaban J connectivity index is 2.20. The summed E-state index contributed by atoms with van der Waals surface area (Å²) in [6.07, 6.45) is 8.05. The summed E-state index contributed by atoms with van der Waals surface area (Å²) in [5.74, 6) is 0. The molecule has 0 N–H and O–H groups in total. The fourth-order valence-electron chi connectivity index (χ4n) is 4.23. The van der Waals surface area contributed by atoms with E-state index >= 15 is 0 Å². The average molecular weight is 411 g/mol. The Labute approximate surface area is 166 Å².